The van der Waals surface area contributed by atoms with E-state index in [-0.39, 0.29) is 17.6 Å². The van der Waals surface area contributed by atoms with Gasteiger partial charge >= 0.3 is 0 Å². The highest BCUT2D eigenvalue weighted by molar-refractivity contribution is 5.95. The third kappa shape index (κ3) is 2.39. The summed E-state index contributed by atoms with van der Waals surface area (Å²) in [6, 6.07) is 4.12. The van der Waals surface area contributed by atoms with Crippen molar-refractivity contribution in [1.29, 1.82) is 0 Å². The summed E-state index contributed by atoms with van der Waals surface area (Å²) >= 11 is 0. The lowest BCUT2D eigenvalue weighted by atomic mass is 10.1. The van der Waals surface area contributed by atoms with Gasteiger partial charge in [-0.2, -0.15) is 0 Å². The molecule has 1 fully saturated rings. The fraction of sp³-hybridized carbons (Fsp3) is 0.417. The van der Waals surface area contributed by atoms with E-state index in [1.54, 1.807) is 12.0 Å². The number of hydrogen-bond acceptors (Lipinski definition) is 3. The summed E-state index contributed by atoms with van der Waals surface area (Å²) in [7, 11) is 1.61. The first-order chi connectivity index (χ1) is 8.11. The molecule has 1 aromatic carbocycles. The molecule has 1 heterocycles. The smallest absolute Gasteiger partial charge is 0.256 e. The van der Waals surface area contributed by atoms with Gasteiger partial charge in [-0.15, -0.1) is 0 Å². The third-order valence-corrected chi connectivity index (χ3v) is 2.99. The zero-order valence-electron chi connectivity index (χ0n) is 9.65. The Morgan fingerprint density at radius 3 is 2.94 bits per heavy atom. The summed E-state index contributed by atoms with van der Waals surface area (Å²) in [5.41, 5.74) is 5.82. The summed E-state index contributed by atoms with van der Waals surface area (Å²) in [6.07, 6.45) is 0.842. The van der Waals surface area contributed by atoms with Crippen LogP contribution in [0.5, 0.6) is 0 Å². The number of hydrogen-bond donors (Lipinski definition) is 1. The van der Waals surface area contributed by atoms with Crippen LogP contribution in [0.15, 0.2) is 18.2 Å². The molecular formula is C12H15FN2O2. The predicted molar refractivity (Wildman–Crippen MR) is 62.1 cm³/mol. The van der Waals surface area contributed by atoms with Gasteiger partial charge in [0.25, 0.3) is 5.91 Å². The van der Waals surface area contributed by atoms with Gasteiger partial charge in [0.1, 0.15) is 5.82 Å². The van der Waals surface area contributed by atoms with Crippen molar-refractivity contribution >= 4 is 11.6 Å². The number of nitrogen functional groups attached to an aromatic ring is 1. The number of carbonyl (C=O) groups is 1. The monoisotopic (exact) mass is 238 g/mol. The van der Waals surface area contributed by atoms with Crippen LogP contribution in [0.3, 0.4) is 0 Å². The molecule has 92 valence electrons. The van der Waals surface area contributed by atoms with E-state index < -0.39 is 5.82 Å². The van der Waals surface area contributed by atoms with Crippen LogP contribution >= 0.6 is 0 Å². The Bertz CT molecular complexity index is 437. The maximum absolute atomic E-state index is 13.6. The summed E-state index contributed by atoms with van der Waals surface area (Å²) in [4.78, 5) is 13.6. The van der Waals surface area contributed by atoms with Crippen LogP contribution in [0.25, 0.3) is 0 Å². The summed E-state index contributed by atoms with van der Waals surface area (Å²) in [6.45, 7) is 1.11. The average molecular weight is 238 g/mol. The van der Waals surface area contributed by atoms with Crippen molar-refractivity contribution < 1.29 is 13.9 Å². The molecule has 1 aliphatic rings. The molecule has 2 N–H and O–H groups in total. The van der Waals surface area contributed by atoms with Crippen molar-refractivity contribution in [2.24, 2.45) is 0 Å². The Morgan fingerprint density at radius 2 is 2.35 bits per heavy atom. The second-order valence-electron chi connectivity index (χ2n) is 4.14. The lowest BCUT2D eigenvalue weighted by Gasteiger charge is -2.16. The fourth-order valence-electron chi connectivity index (χ4n) is 1.98. The number of nitrogens with zero attached hydrogens (tertiary/aromatic N) is 1. The number of rotatable bonds is 2. The fourth-order valence-corrected chi connectivity index (χ4v) is 1.98. The van der Waals surface area contributed by atoms with Crippen LogP contribution < -0.4 is 5.73 Å². The van der Waals surface area contributed by atoms with Crippen LogP contribution in [0.4, 0.5) is 10.1 Å². The molecule has 0 aromatic heterocycles. The van der Waals surface area contributed by atoms with E-state index >= 15 is 0 Å². The number of nitrogens with two attached hydrogens (primary N) is 1. The Morgan fingerprint density at radius 1 is 1.59 bits per heavy atom. The molecule has 1 aliphatic heterocycles. The second kappa shape index (κ2) is 4.71. The number of likely N-dealkylation sites (tertiary alicyclic amines) is 1. The highest BCUT2D eigenvalue weighted by Crippen LogP contribution is 2.18. The van der Waals surface area contributed by atoms with Gasteiger partial charge < -0.3 is 15.4 Å². The molecule has 1 amide bonds. The molecule has 5 heteroatoms. The zero-order valence-corrected chi connectivity index (χ0v) is 9.65. The zero-order chi connectivity index (χ0) is 12.4. The summed E-state index contributed by atoms with van der Waals surface area (Å²) < 4.78 is 18.7. The molecule has 0 radical (unpaired) electrons. The highest BCUT2D eigenvalue weighted by atomic mass is 19.1. The van der Waals surface area contributed by atoms with Gasteiger partial charge in [0.15, 0.2) is 0 Å². The number of carbonyl (C=O) groups excluding carboxylic acids is 1. The van der Waals surface area contributed by atoms with Gasteiger partial charge in [-0.3, -0.25) is 4.79 Å². The minimum Gasteiger partial charge on any atom is -0.399 e. The first kappa shape index (κ1) is 11.9. The summed E-state index contributed by atoms with van der Waals surface area (Å²) in [5, 5.41) is 0. The topological polar surface area (TPSA) is 55.6 Å². The highest BCUT2D eigenvalue weighted by Gasteiger charge is 2.28. The number of amides is 1. The lowest BCUT2D eigenvalue weighted by Crippen LogP contribution is -2.30. The van der Waals surface area contributed by atoms with Crippen molar-refractivity contribution in [3.05, 3.63) is 29.6 Å². The first-order valence-electron chi connectivity index (χ1n) is 5.49. The number of halogens is 1. The van der Waals surface area contributed by atoms with Gasteiger partial charge in [-0.1, -0.05) is 0 Å². The molecule has 0 saturated carbocycles. The minimum absolute atomic E-state index is 0.0517. The number of anilines is 1. The van der Waals surface area contributed by atoms with E-state index in [9.17, 15) is 9.18 Å². The lowest BCUT2D eigenvalue weighted by molar-refractivity contribution is 0.0720. The van der Waals surface area contributed by atoms with Crippen LogP contribution in [0, 0.1) is 5.82 Å². The molecule has 1 unspecified atom stereocenters. The Labute approximate surface area is 99.2 Å². The van der Waals surface area contributed by atoms with Gasteiger partial charge in [-0.25, -0.2) is 4.39 Å². The van der Waals surface area contributed by atoms with E-state index in [1.807, 2.05) is 0 Å². The standard InChI is InChI=1S/C12H15FN2O2/c1-17-9-4-5-15(7-9)12(16)10-3-2-8(14)6-11(10)13/h2-3,6,9H,4-5,7,14H2,1H3. The van der Waals surface area contributed by atoms with Crippen LogP contribution in [0.1, 0.15) is 16.8 Å². The normalized spacial score (nSPS) is 19.6. The number of methoxy groups -OCH3 is 1. The van der Waals surface area contributed by atoms with E-state index in [0.717, 1.165) is 12.5 Å². The molecule has 4 nitrogen and oxygen atoms in total. The molecule has 0 spiro atoms. The van der Waals surface area contributed by atoms with Crippen molar-refractivity contribution in [1.82, 2.24) is 4.90 Å². The van der Waals surface area contributed by atoms with Crippen LogP contribution in [-0.2, 0) is 4.74 Å². The second-order valence-corrected chi connectivity index (χ2v) is 4.14. The van der Waals surface area contributed by atoms with E-state index in [0.29, 0.717) is 18.8 Å². The summed E-state index contributed by atoms with van der Waals surface area (Å²) in [5.74, 6) is -0.877. The van der Waals surface area contributed by atoms with Gasteiger partial charge in [0.05, 0.1) is 11.7 Å². The van der Waals surface area contributed by atoms with Crippen molar-refractivity contribution in [3.8, 4) is 0 Å². The Hall–Kier alpha value is -1.62. The predicted octanol–water partition coefficient (Wildman–Crippen LogP) is 1.27. The van der Waals surface area contributed by atoms with Crippen molar-refractivity contribution in [2.45, 2.75) is 12.5 Å². The van der Waals surface area contributed by atoms with Gasteiger partial charge in [0.2, 0.25) is 0 Å². The van der Waals surface area contributed by atoms with Crippen molar-refractivity contribution in [3.63, 3.8) is 0 Å². The SMILES string of the molecule is COC1CCN(C(=O)c2ccc(N)cc2F)C1. The van der Waals surface area contributed by atoms with E-state index in [1.165, 1.54) is 12.1 Å². The molecule has 2 rings (SSSR count). The molecule has 1 atom stereocenters. The average Bonchev–Trinajstić information content (AvgIpc) is 2.76. The maximum atomic E-state index is 13.6. The quantitative estimate of drug-likeness (QED) is 0.789. The van der Waals surface area contributed by atoms with Gasteiger partial charge in [0, 0.05) is 25.9 Å². The molecule has 1 aromatic rings. The maximum Gasteiger partial charge on any atom is 0.256 e. The Kier molecular flexibility index (Phi) is 3.28. The number of ether oxygens (including phenoxy) is 1. The molecule has 17 heavy (non-hydrogen) atoms. The van der Waals surface area contributed by atoms with Crippen molar-refractivity contribution in [2.75, 3.05) is 25.9 Å². The molecule has 1 saturated heterocycles. The van der Waals surface area contributed by atoms with Gasteiger partial charge in [-0.05, 0) is 24.6 Å². The first-order valence-corrected chi connectivity index (χ1v) is 5.49. The Balaban J connectivity index is 2.15. The minimum atomic E-state index is -0.573. The van der Waals surface area contributed by atoms with E-state index in [2.05, 4.69) is 0 Å². The van der Waals surface area contributed by atoms with Crippen LogP contribution in [-0.4, -0.2) is 37.1 Å². The third-order valence-electron chi connectivity index (χ3n) is 2.99. The largest absolute Gasteiger partial charge is 0.399 e. The molecular weight excluding hydrogens is 223 g/mol. The molecule has 0 bridgehead atoms. The number of benzene rings is 1. The van der Waals surface area contributed by atoms with E-state index in [4.69, 9.17) is 10.5 Å². The molecule has 0 aliphatic carbocycles. The van der Waals surface area contributed by atoms with Crippen LogP contribution in [0.2, 0.25) is 0 Å².